The molecule has 0 radical (unpaired) electrons. The van der Waals surface area contributed by atoms with E-state index in [4.69, 9.17) is 0 Å². The van der Waals surface area contributed by atoms with E-state index in [-0.39, 0.29) is 23.9 Å². The van der Waals surface area contributed by atoms with Crippen LogP contribution in [0.3, 0.4) is 0 Å². The molecule has 1 atom stereocenters. The Kier molecular flexibility index (Phi) is 3.36. The minimum atomic E-state index is -0.359. The highest BCUT2D eigenvalue weighted by molar-refractivity contribution is 7.11. The standard InChI is InChI=1S/C13H17N3O2S/c1-2-9-6-15-11(19-9)7-14-10-5-12(17)16(13(10)18)8-3-4-8/h6,8,10,14H,2-5,7H2,1H3. The van der Waals surface area contributed by atoms with Gasteiger partial charge in [-0.1, -0.05) is 6.92 Å². The quantitative estimate of drug-likeness (QED) is 0.819. The molecule has 0 aromatic carbocycles. The molecule has 2 aliphatic rings. The summed E-state index contributed by atoms with van der Waals surface area (Å²) in [6.45, 7) is 2.66. The Morgan fingerprint density at radius 2 is 2.26 bits per heavy atom. The van der Waals surface area contributed by atoms with Crippen molar-refractivity contribution < 1.29 is 9.59 Å². The van der Waals surface area contributed by atoms with Crippen LogP contribution in [-0.4, -0.2) is 33.8 Å². The van der Waals surface area contributed by atoms with Crippen LogP contribution in [0.5, 0.6) is 0 Å². The summed E-state index contributed by atoms with van der Waals surface area (Å²) in [5, 5.41) is 4.14. The second-order valence-electron chi connectivity index (χ2n) is 5.04. The number of rotatable bonds is 5. The van der Waals surface area contributed by atoms with Crippen LogP contribution >= 0.6 is 11.3 Å². The number of aryl methyl sites for hydroxylation is 1. The van der Waals surface area contributed by atoms with E-state index in [1.54, 1.807) is 11.3 Å². The van der Waals surface area contributed by atoms with Crippen molar-refractivity contribution in [3.8, 4) is 0 Å². The number of aromatic nitrogens is 1. The number of likely N-dealkylation sites (tertiary alicyclic amines) is 1. The van der Waals surface area contributed by atoms with Crippen molar-refractivity contribution in [3.63, 3.8) is 0 Å². The molecule has 1 saturated carbocycles. The number of hydrogen-bond donors (Lipinski definition) is 1. The van der Waals surface area contributed by atoms with E-state index in [1.165, 1.54) is 9.78 Å². The predicted molar refractivity (Wildman–Crippen MR) is 71.6 cm³/mol. The van der Waals surface area contributed by atoms with Crippen LogP contribution in [0.4, 0.5) is 0 Å². The summed E-state index contributed by atoms with van der Waals surface area (Å²) in [7, 11) is 0. The lowest BCUT2D eigenvalue weighted by Crippen LogP contribution is -2.39. The molecule has 0 bridgehead atoms. The highest BCUT2D eigenvalue weighted by atomic mass is 32.1. The second kappa shape index (κ2) is 5.02. The van der Waals surface area contributed by atoms with E-state index in [2.05, 4.69) is 17.2 Å². The summed E-state index contributed by atoms with van der Waals surface area (Å²) in [5.74, 6) is -0.0850. The average Bonchev–Trinajstić information content (AvgIpc) is 3.04. The van der Waals surface area contributed by atoms with E-state index in [0.717, 1.165) is 24.3 Å². The average molecular weight is 279 g/mol. The normalized spacial score (nSPS) is 23.4. The molecule has 6 heteroatoms. The summed E-state index contributed by atoms with van der Waals surface area (Å²) >= 11 is 1.65. The van der Waals surface area contributed by atoms with Crippen LogP contribution in [0.2, 0.25) is 0 Å². The molecule has 1 aromatic heterocycles. The van der Waals surface area contributed by atoms with E-state index in [9.17, 15) is 9.59 Å². The molecule has 2 heterocycles. The van der Waals surface area contributed by atoms with Gasteiger partial charge in [0.25, 0.3) is 0 Å². The van der Waals surface area contributed by atoms with Gasteiger partial charge in [0.1, 0.15) is 5.01 Å². The third-order valence-electron chi connectivity index (χ3n) is 3.54. The number of nitrogens with zero attached hydrogens (tertiary/aromatic N) is 2. The SMILES string of the molecule is CCc1cnc(CNC2CC(=O)N(C3CC3)C2=O)s1. The summed E-state index contributed by atoms with van der Waals surface area (Å²) in [6, 6.07) is -0.180. The van der Waals surface area contributed by atoms with Gasteiger partial charge >= 0.3 is 0 Å². The van der Waals surface area contributed by atoms with Gasteiger partial charge in [0, 0.05) is 23.7 Å². The molecule has 0 spiro atoms. The number of carbonyl (C=O) groups excluding carboxylic acids is 2. The zero-order valence-corrected chi connectivity index (χ0v) is 11.7. The van der Waals surface area contributed by atoms with Gasteiger partial charge in [-0.3, -0.25) is 19.8 Å². The van der Waals surface area contributed by atoms with Crippen LogP contribution in [0.25, 0.3) is 0 Å². The van der Waals surface area contributed by atoms with Crippen molar-refractivity contribution in [2.24, 2.45) is 0 Å². The molecule has 1 unspecified atom stereocenters. The van der Waals surface area contributed by atoms with Crippen LogP contribution < -0.4 is 5.32 Å². The molecule has 3 rings (SSSR count). The largest absolute Gasteiger partial charge is 0.299 e. The molecule has 1 N–H and O–H groups in total. The topological polar surface area (TPSA) is 62.3 Å². The maximum atomic E-state index is 12.1. The first-order valence-electron chi connectivity index (χ1n) is 6.72. The van der Waals surface area contributed by atoms with Crippen molar-refractivity contribution in [1.82, 2.24) is 15.2 Å². The molecule has 1 aromatic rings. The number of amides is 2. The van der Waals surface area contributed by atoms with Gasteiger partial charge in [0.05, 0.1) is 12.5 Å². The van der Waals surface area contributed by atoms with Crippen LogP contribution in [0, 0.1) is 0 Å². The summed E-state index contributed by atoms with van der Waals surface area (Å²) in [5.41, 5.74) is 0. The molecular formula is C13H17N3O2S. The van der Waals surface area contributed by atoms with Gasteiger partial charge in [-0.05, 0) is 19.3 Å². The Bertz CT molecular complexity index is 510. The lowest BCUT2D eigenvalue weighted by Gasteiger charge is -2.13. The molecule has 1 aliphatic heterocycles. The lowest BCUT2D eigenvalue weighted by molar-refractivity contribution is -0.139. The van der Waals surface area contributed by atoms with Gasteiger partial charge in [-0.2, -0.15) is 0 Å². The fraction of sp³-hybridized carbons (Fsp3) is 0.615. The smallest absolute Gasteiger partial charge is 0.247 e. The molecule has 1 aliphatic carbocycles. The lowest BCUT2D eigenvalue weighted by atomic mass is 10.2. The summed E-state index contributed by atoms with van der Waals surface area (Å²) < 4.78 is 0. The number of hydrogen-bond acceptors (Lipinski definition) is 5. The molecule has 102 valence electrons. The van der Waals surface area contributed by atoms with Gasteiger partial charge in [-0.15, -0.1) is 11.3 Å². The van der Waals surface area contributed by atoms with E-state index in [0.29, 0.717) is 13.0 Å². The van der Waals surface area contributed by atoms with Crippen molar-refractivity contribution in [1.29, 1.82) is 0 Å². The van der Waals surface area contributed by atoms with Gasteiger partial charge in [0.2, 0.25) is 11.8 Å². The Morgan fingerprint density at radius 3 is 2.89 bits per heavy atom. The van der Waals surface area contributed by atoms with Crippen molar-refractivity contribution in [2.45, 2.75) is 51.2 Å². The zero-order chi connectivity index (χ0) is 13.4. The first-order chi connectivity index (χ1) is 9.19. The predicted octanol–water partition coefficient (Wildman–Crippen LogP) is 1.08. The monoisotopic (exact) mass is 279 g/mol. The Labute approximate surface area is 116 Å². The molecular weight excluding hydrogens is 262 g/mol. The molecule has 19 heavy (non-hydrogen) atoms. The maximum Gasteiger partial charge on any atom is 0.247 e. The van der Waals surface area contributed by atoms with Gasteiger partial charge in [0.15, 0.2) is 0 Å². The van der Waals surface area contributed by atoms with Crippen molar-refractivity contribution >= 4 is 23.2 Å². The number of carbonyl (C=O) groups is 2. The number of nitrogens with one attached hydrogen (secondary N) is 1. The molecule has 2 amide bonds. The second-order valence-corrected chi connectivity index (χ2v) is 6.24. The first-order valence-corrected chi connectivity index (χ1v) is 7.53. The highest BCUT2D eigenvalue weighted by Gasteiger charge is 2.45. The number of imide groups is 1. The summed E-state index contributed by atoms with van der Waals surface area (Å²) in [4.78, 5) is 30.9. The third kappa shape index (κ3) is 2.55. The highest BCUT2D eigenvalue weighted by Crippen LogP contribution is 2.31. The van der Waals surface area contributed by atoms with Crippen molar-refractivity contribution in [2.75, 3.05) is 0 Å². The first kappa shape index (κ1) is 12.7. The zero-order valence-electron chi connectivity index (χ0n) is 10.9. The Balaban J connectivity index is 1.58. The number of thiazole rings is 1. The van der Waals surface area contributed by atoms with E-state index >= 15 is 0 Å². The Morgan fingerprint density at radius 1 is 1.47 bits per heavy atom. The van der Waals surface area contributed by atoms with E-state index < -0.39 is 0 Å². The van der Waals surface area contributed by atoms with Crippen LogP contribution in [-0.2, 0) is 22.6 Å². The Hall–Kier alpha value is -1.27. The van der Waals surface area contributed by atoms with E-state index in [1.807, 2.05) is 6.20 Å². The molecule has 2 fully saturated rings. The summed E-state index contributed by atoms with van der Waals surface area (Å²) in [6.07, 6.45) is 5.09. The minimum Gasteiger partial charge on any atom is -0.299 e. The fourth-order valence-corrected chi connectivity index (χ4v) is 3.14. The van der Waals surface area contributed by atoms with Crippen LogP contribution in [0.15, 0.2) is 6.20 Å². The minimum absolute atomic E-state index is 0.0293. The van der Waals surface area contributed by atoms with Gasteiger partial charge < -0.3 is 0 Å². The van der Waals surface area contributed by atoms with Crippen molar-refractivity contribution in [3.05, 3.63) is 16.1 Å². The molecule has 5 nitrogen and oxygen atoms in total. The maximum absolute atomic E-state index is 12.1. The fourth-order valence-electron chi connectivity index (χ4n) is 2.33. The third-order valence-corrected chi connectivity index (χ3v) is 4.69. The van der Waals surface area contributed by atoms with Gasteiger partial charge in [-0.25, -0.2) is 4.98 Å². The van der Waals surface area contributed by atoms with Crippen LogP contribution in [0.1, 0.15) is 36.1 Å². The molecule has 1 saturated heterocycles.